The van der Waals surface area contributed by atoms with Gasteiger partial charge in [0.25, 0.3) is 5.91 Å². The predicted molar refractivity (Wildman–Crippen MR) is 83.7 cm³/mol. The Labute approximate surface area is 129 Å². The number of amides is 2. The second-order valence-corrected chi connectivity index (χ2v) is 6.06. The van der Waals surface area contributed by atoms with Crippen molar-refractivity contribution >= 4 is 34.9 Å². The topological polar surface area (TPSA) is 58.2 Å². The van der Waals surface area contributed by atoms with Crippen molar-refractivity contribution in [3.63, 3.8) is 0 Å². The molecule has 1 aromatic heterocycles. The van der Waals surface area contributed by atoms with Crippen LogP contribution in [0.1, 0.15) is 9.67 Å². The lowest BCUT2D eigenvalue weighted by Crippen LogP contribution is -2.42. The molecule has 2 rings (SSSR count). The third-order valence-electron chi connectivity index (χ3n) is 2.55. The number of hydrazine groups is 1. The molecule has 0 aliphatic rings. The standard InChI is InChI=1S/C14H13FN2O2S2/c1-20-8-13(18)16-17-14(19)12-7-6-11(21-12)9-2-4-10(15)5-3-9/h2-7H,8H2,1H3,(H,16,18)(H,17,19). The van der Waals surface area contributed by atoms with Crippen LogP contribution in [0.2, 0.25) is 0 Å². The number of hydrogen-bond acceptors (Lipinski definition) is 4. The summed E-state index contributed by atoms with van der Waals surface area (Å²) in [5.41, 5.74) is 5.53. The minimum Gasteiger partial charge on any atom is -0.272 e. The Hall–Kier alpha value is -1.86. The van der Waals surface area contributed by atoms with Crippen LogP contribution in [0, 0.1) is 5.82 Å². The molecule has 0 fully saturated rings. The number of rotatable bonds is 4. The number of benzene rings is 1. The lowest BCUT2D eigenvalue weighted by atomic mass is 10.2. The molecule has 7 heteroatoms. The smallest absolute Gasteiger partial charge is 0.272 e. The second-order valence-electron chi connectivity index (χ2n) is 4.11. The maximum absolute atomic E-state index is 12.9. The number of thiophene rings is 1. The van der Waals surface area contributed by atoms with Gasteiger partial charge < -0.3 is 0 Å². The van der Waals surface area contributed by atoms with E-state index in [0.29, 0.717) is 4.88 Å². The van der Waals surface area contributed by atoms with E-state index in [-0.39, 0.29) is 23.4 Å². The van der Waals surface area contributed by atoms with Gasteiger partial charge in [-0.25, -0.2) is 4.39 Å². The van der Waals surface area contributed by atoms with Crippen LogP contribution in [0.25, 0.3) is 10.4 Å². The van der Waals surface area contributed by atoms with Crippen LogP contribution < -0.4 is 10.9 Å². The number of nitrogens with one attached hydrogen (secondary N) is 2. The predicted octanol–water partition coefficient (Wildman–Crippen LogP) is 2.68. The average Bonchev–Trinajstić information content (AvgIpc) is 2.96. The molecule has 0 saturated carbocycles. The first-order chi connectivity index (χ1) is 10.1. The van der Waals surface area contributed by atoms with Gasteiger partial charge >= 0.3 is 0 Å². The summed E-state index contributed by atoms with van der Waals surface area (Å²) in [5, 5.41) is 0. The van der Waals surface area contributed by atoms with Gasteiger partial charge in [0, 0.05) is 4.88 Å². The Morgan fingerprint density at radius 1 is 1.14 bits per heavy atom. The zero-order chi connectivity index (χ0) is 15.2. The fourth-order valence-electron chi connectivity index (χ4n) is 1.58. The van der Waals surface area contributed by atoms with Gasteiger partial charge in [-0.2, -0.15) is 11.8 Å². The second kappa shape index (κ2) is 7.24. The van der Waals surface area contributed by atoms with Crippen LogP contribution in [0.5, 0.6) is 0 Å². The van der Waals surface area contributed by atoms with Crippen LogP contribution in [-0.4, -0.2) is 23.8 Å². The highest BCUT2D eigenvalue weighted by Crippen LogP contribution is 2.28. The van der Waals surface area contributed by atoms with Crippen LogP contribution >= 0.6 is 23.1 Å². The van der Waals surface area contributed by atoms with Crippen molar-refractivity contribution in [1.82, 2.24) is 10.9 Å². The van der Waals surface area contributed by atoms with Crippen molar-refractivity contribution in [2.45, 2.75) is 0 Å². The molecule has 4 nitrogen and oxygen atoms in total. The third kappa shape index (κ3) is 4.30. The summed E-state index contributed by atoms with van der Waals surface area (Å²) < 4.78 is 12.9. The summed E-state index contributed by atoms with van der Waals surface area (Å²) in [6.45, 7) is 0. The number of halogens is 1. The maximum Gasteiger partial charge on any atom is 0.279 e. The minimum absolute atomic E-state index is 0.258. The molecule has 0 radical (unpaired) electrons. The fraction of sp³-hybridized carbons (Fsp3) is 0.143. The maximum atomic E-state index is 12.9. The van der Waals surface area contributed by atoms with E-state index in [9.17, 15) is 14.0 Å². The van der Waals surface area contributed by atoms with E-state index in [1.807, 2.05) is 0 Å². The van der Waals surface area contributed by atoms with Crippen molar-refractivity contribution < 1.29 is 14.0 Å². The Morgan fingerprint density at radius 3 is 2.52 bits per heavy atom. The van der Waals surface area contributed by atoms with Gasteiger partial charge in [0.1, 0.15) is 5.82 Å². The quantitative estimate of drug-likeness (QED) is 0.850. The summed E-state index contributed by atoms with van der Waals surface area (Å²) in [7, 11) is 0. The van der Waals surface area contributed by atoms with Gasteiger partial charge in [-0.15, -0.1) is 11.3 Å². The van der Waals surface area contributed by atoms with Gasteiger partial charge in [0.05, 0.1) is 10.6 Å². The summed E-state index contributed by atoms with van der Waals surface area (Å²) in [6, 6.07) is 9.51. The van der Waals surface area contributed by atoms with Gasteiger partial charge in [-0.05, 0) is 36.1 Å². The number of carbonyl (C=O) groups is 2. The van der Waals surface area contributed by atoms with Crippen molar-refractivity contribution in [2.24, 2.45) is 0 Å². The van der Waals surface area contributed by atoms with E-state index in [0.717, 1.165) is 10.4 Å². The zero-order valence-corrected chi connectivity index (χ0v) is 12.8. The molecule has 0 unspecified atom stereocenters. The summed E-state index contributed by atoms with van der Waals surface area (Å²) in [5.74, 6) is -0.648. The first kappa shape index (κ1) is 15.5. The Morgan fingerprint density at radius 2 is 1.86 bits per heavy atom. The summed E-state index contributed by atoms with van der Waals surface area (Å²) >= 11 is 2.64. The minimum atomic E-state index is -0.372. The third-order valence-corrected chi connectivity index (χ3v) is 4.23. The van der Waals surface area contributed by atoms with Crippen LogP contribution in [0.15, 0.2) is 36.4 Å². The molecule has 2 aromatic rings. The molecule has 1 aromatic carbocycles. The molecule has 0 saturated heterocycles. The summed E-state index contributed by atoms with van der Waals surface area (Å²) in [6.07, 6.45) is 1.80. The molecule has 21 heavy (non-hydrogen) atoms. The van der Waals surface area contributed by atoms with E-state index in [2.05, 4.69) is 10.9 Å². The van der Waals surface area contributed by atoms with Gasteiger partial charge in [0.15, 0.2) is 0 Å². The van der Waals surface area contributed by atoms with Crippen LogP contribution in [-0.2, 0) is 4.79 Å². The highest BCUT2D eigenvalue weighted by molar-refractivity contribution is 7.99. The lowest BCUT2D eigenvalue weighted by Gasteiger charge is -2.04. The van der Waals surface area contributed by atoms with E-state index in [4.69, 9.17) is 0 Å². The number of thioether (sulfide) groups is 1. The Bertz CT molecular complexity index is 641. The molecule has 0 atom stereocenters. The highest BCUT2D eigenvalue weighted by atomic mass is 32.2. The van der Waals surface area contributed by atoms with Gasteiger partial charge in [0.2, 0.25) is 5.91 Å². The number of carbonyl (C=O) groups excluding carboxylic acids is 2. The monoisotopic (exact) mass is 324 g/mol. The van der Waals surface area contributed by atoms with Gasteiger partial charge in [-0.1, -0.05) is 12.1 Å². The lowest BCUT2D eigenvalue weighted by molar-refractivity contribution is -0.119. The molecular weight excluding hydrogens is 311 g/mol. The molecule has 0 spiro atoms. The SMILES string of the molecule is CSCC(=O)NNC(=O)c1ccc(-c2ccc(F)cc2)s1. The first-order valence-electron chi connectivity index (χ1n) is 6.04. The molecule has 110 valence electrons. The van der Waals surface area contributed by atoms with Crippen molar-refractivity contribution in [3.8, 4) is 10.4 Å². The molecule has 2 N–H and O–H groups in total. The van der Waals surface area contributed by atoms with Crippen molar-refractivity contribution in [3.05, 3.63) is 47.1 Å². The molecule has 0 aliphatic heterocycles. The molecule has 0 bridgehead atoms. The highest BCUT2D eigenvalue weighted by Gasteiger charge is 2.11. The first-order valence-corrected chi connectivity index (χ1v) is 8.25. The Kier molecular flexibility index (Phi) is 5.35. The molecule has 0 aliphatic carbocycles. The van der Waals surface area contributed by atoms with Crippen LogP contribution in [0.3, 0.4) is 0 Å². The van der Waals surface area contributed by atoms with Crippen molar-refractivity contribution in [2.75, 3.05) is 12.0 Å². The van der Waals surface area contributed by atoms with E-state index in [1.54, 1.807) is 30.5 Å². The Balaban J connectivity index is 2.00. The zero-order valence-electron chi connectivity index (χ0n) is 11.2. The van der Waals surface area contributed by atoms with Gasteiger partial charge in [-0.3, -0.25) is 20.4 Å². The van der Waals surface area contributed by atoms with Crippen LogP contribution in [0.4, 0.5) is 4.39 Å². The van der Waals surface area contributed by atoms with Crippen molar-refractivity contribution in [1.29, 1.82) is 0 Å². The summed E-state index contributed by atoms with van der Waals surface area (Å²) in [4.78, 5) is 24.5. The average molecular weight is 324 g/mol. The number of hydrogen-bond donors (Lipinski definition) is 2. The van der Waals surface area contributed by atoms with E-state index < -0.39 is 0 Å². The molecule has 1 heterocycles. The molecule has 2 amide bonds. The largest absolute Gasteiger partial charge is 0.279 e. The fourth-order valence-corrected chi connectivity index (χ4v) is 2.83. The molecular formula is C14H13FN2O2S2. The normalized spacial score (nSPS) is 10.2. The van der Waals surface area contributed by atoms with E-state index in [1.165, 1.54) is 35.2 Å². The van der Waals surface area contributed by atoms with E-state index >= 15 is 0 Å².